The lowest BCUT2D eigenvalue weighted by atomic mass is 10.3. The fraction of sp³-hybridized carbons (Fsp3) is 1.00. The minimum Gasteiger partial charge on any atom is -0.396 e. The third-order valence-corrected chi connectivity index (χ3v) is 3.19. The molecule has 0 aromatic heterocycles. The molecule has 0 saturated heterocycles. The van der Waals surface area contributed by atoms with Crippen molar-refractivity contribution in [2.45, 2.75) is 43.8 Å². The van der Waals surface area contributed by atoms with Crippen molar-refractivity contribution in [1.82, 2.24) is 0 Å². The van der Waals surface area contributed by atoms with Gasteiger partial charge in [-0.3, -0.25) is 0 Å². The van der Waals surface area contributed by atoms with Gasteiger partial charge >= 0.3 is 0 Å². The summed E-state index contributed by atoms with van der Waals surface area (Å²) < 4.78 is 0. The Morgan fingerprint density at radius 3 is 2.18 bits per heavy atom. The highest BCUT2D eigenvalue weighted by Gasteiger charge is 2.12. The zero-order valence-electron chi connectivity index (χ0n) is 7.45. The van der Waals surface area contributed by atoms with Crippen molar-refractivity contribution in [2.24, 2.45) is 0 Å². The summed E-state index contributed by atoms with van der Waals surface area (Å²) in [5.41, 5.74) is 0. The summed E-state index contributed by atoms with van der Waals surface area (Å²) in [4.78, 5) is 0. The lowest BCUT2D eigenvalue weighted by molar-refractivity contribution is 0.196. The number of hydrogen-bond acceptors (Lipinski definition) is 3. The average Bonchev–Trinajstić information content (AvgIpc) is 1.87. The molecule has 0 heterocycles. The molecule has 0 radical (unpaired) electrons. The molecule has 0 saturated carbocycles. The quantitative estimate of drug-likeness (QED) is 0.666. The Balaban J connectivity index is 3.48. The molecule has 0 bridgehead atoms. The summed E-state index contributed by atoms with van der Waals surface area (Å²) >= 11 is 1.72. The van der Waals surface area contributed by atoms with E-state index >= 15 is 0 Å². The number of thioether (sulfide) groups is 1. The third-order valence-electron chi connectivity index (χ3n) is 1.66. The Kier molecular flexibility index (Phi) is 6.01. The predicted molar refractivity (Wildman–Crippen MR) is 49.9 cm³/mol. The minimum absolute atomic E-state index is 0.237. The Hall–Kier alpha value is 0.270. The van der Waals surface area contributed by atoms with Crippen molar-refractivity contribution in [3.8, 4) is 0 Å². The topological polar surface area (TPSA) is 40.5 Å². The largest absolute Gasteiger partial charge is 0.396 e. The standard InChI is InChI=1S/C8H18O2S/c1-6(4-5-9)11-8(3)7(2)10/h6-10H,4-5H2,1-3H3. The minimum atomic E-state index is -0.263. The molecule has 2 nitrogen and oxygen atoms in total. The lowest BCUT2D eigenvalue weighted by Crippen LogP contribution is -2.18. The first-order chi connectivity index (χ1) is 5.07. The molecule has 0 aliphatic rings. The summed E-state index contributed by atoms with van der Waals surface area (Å²) in [5.74, 6) is 0. The summed E-state index contributed by atoms with van der Waals surface area (Å²) in [7, 11) is 0. The lowest BCUT2D eigenvalue weighted by Gasteiger charge is -2.18. The zero-order valence-corrected chi connectivity index (χ0v) is 8.27. The van der Waals surface area contributed by atoms with Gasteiger partial charge in [0, 0.05) is 17.1 Å². The van der Waals surface area contributed by atoms with E-state index in [9.17, 15) is 0 Å². The molecule has 68 valence electrons. The molecule has 0 aliphatic carbocycles. The van der Waals surface area contributed by atoms with Gasteiger partial charge in [0.25, 0.3) is 0 Å². The monoisotopic (exact) mass is 178 g/mol. The second-order valence-electron chi connectivity index (χ2n) is 2.90. The summed E-state index contributed by atoms with van der Waals surface area (Å²) in [6, 6.07) is 0. The zero-order chi connectivity index (χ0) is 8.85. The second-order valence-corrected chi connectivity index (χ2v) is 4.73. The number of aliphatic hydroxyl groups is 2. The van der Waals surface area contributed by atoms with Crippen LogP contribution in [0, 0.1) is 0 Å². The molecule has 0 fully saturated rings. The first-order valence-electron chi connectivity index (χ1n) is 4.02. The summed E-state index contributed by atoms with van der Waals surface area (Å²) in [6.07, 6.45) is 0.544. The van der Waals surface area contributed by atoms with Crippen molar-refractivity contribution < 1.29 is 10.2 Å². The van der Waals surface area contributed by atoms with Gasteiger partial charge in [0.1, 0.15) is 0 Å². The third kappa shape index (κ3) is 5.53. The molecule has 0 amide bonds. The molecule has 3 atom stereocenters. The van der Waals surface area contributed by atoms with E-state index in [-0.39, 0.29) is 18.0 Å². The van der Waals surface area contributed by atoms with Crippen molar-refractivity contribution in [3.05, 3.63) is 0 Å². The van der Waals surface area contributed by atoms with E-state index in [1.54, 1.807) is 18.7 Å². The number of rotatable bonds is 5. The fourth-order valence-corrected chi connectivity index (χ4v) is 1.93. The van der Waals surface area contributed by atoms with Gasteiger partial charge < -0.3 is 10.2 Å². The second kappa shape index (κ2) is 5.86. The van der Waals surface area contributed by atoms with Gasteiger partial charge in [-0.25, -0.2) is 0 Å². The van der Waals surface area contributed by atoms with Gasteiger partial charge in [0.2, 0.25) is 0 Å². The van der Waals surface area contributed by atoms with Crippen molar-refractivity contribution in [3.63, 3.8) is 0 Å². The van der Waals surface area contributed by atoms with Crippen LogP contribution < -0.4 is 0 Å². The molecule has 0 aromatic rings. The van der Waals surface area contributed by atoms with Crippen LogP contribution in [0.25, 0.3) is 0 Å². The van der Waals surface area contributed by atoms with E-state index in [4.69, 9.17) is 10.2 Å². The van der Waals surface area contributed by atoms with Crippen LogP contribution in [0.1, 0.15) is 27.2 Å². The molecule has 0 aromatic carbocycles. The van der Waals surface area contributed by atoms with Crippen LogP contribution in [-0.4, -0.2) is 33.4 Å². The van der Waals surface area contributed by atoms with Crippen LogP contribution in [-0.2, 0) is 0 Å². The van der Waals surface area contributed by atoms with Crippen LogP contribution >= 0.6 is 11.8 Å². The normalized spacial score (nSPS) is 19.4. The molecule has 0 rings (SSSR count). The summed E-state index contributed by atoms with van der Waals surface area (Å²) in [5, 5.41) is 18.5. The molecule has 0 spiro atoms. The van der Waals surface area contributed by atoms with E-state index in [0.29, 0.717) is 5.25 Å². The molecule has 3 heteroatoms. The van der Waals surface area contributed by atoms with E-state index in [0.717, 1.165) is 6.42 Å². The highest BCUT2D eigenvalue weighted by atomic mass is 32.2. The Morgan fingerprint density at radius 2 is 1.82 bits per heavy atom. The van der Waals surface area contributed by atoms with Crippen molar-refractivity contribution >= 4 is 11.8 Å². The smallest absolute Gasteiger partial charge is 0.0628 e. The predicted octanol–water partition coefficient (Wildman–Crippen LogP) is 1.26. The van der Waals surface area contributed by atoms with Gasteiger partial charge in [-0.1, -0.05) is 13.8 Å². The van der Waals surface area contributed by atoms with E-state index in [1.165, 1.54) is 0 Å². The van der Waals surface area contributed by atoms with Gasteiger partial charge in [-0.15, -0.1) is 0 Å². The highest BCUT2D eigenvalue weighted by Crippen LogP contribution is 2.21. The number of hydrogen-bond donors (Lipinski definition) is 2. The molecule has 3 unspecified atom stereocenters. The summed E-state index contributed by atoms with van der Waals surface area (Å²) in [6.45, 7) is 6.10. The van der Waals surface area contributed by atoms with Crippen molar-refractivity contribution in [1.29, 1.82) is 0 Å². The molecular weight excluding hydrogens is 160 g/mol. The van der Waals surface area contributed by atoms with Crippen molar-refractivity contribution in [2.75, 3.05) is 6.61 Å². The van der Waals surface area contributed by atoms with Crippen LogP contribution in [0.3, 0.4) is 0 Å². The Morgan fingerprint density at radius 1 is 1.27 bits per heavy atom. The van der Waals surface area contributed by atoms with Crippen LogP contribution in [0.2, 0.25) is 0 Å². The van der Waals surface area contributed by atoms with Gasteiger partial charge in [0.15, 0.2) is 0 Å². The van der Waals surface area contributed by atoms with Gasteiger partial charge in [0.05, 0.1) is 6.10 Å². The first-order valence-corrected chi connectivity index (χ1v) is 4.96. The van der Waals surface area contributed by atoms with Crippen LogP contribution in [0.4, 0.5) is 0 Å². The molecule has 2 N–H and O–H groups in total. The van der Waals surface area contributed by atoms with Crippen LogP contribution in [0.15, 0.2) is 0 Å². The SMILES string of the molecule is CC(CCO)SC(C)C(C)O. The highest BCUT2D eigenvalue weighted by molar-refractivity contribution is 8.00. The maximum absolute atomic E-state index is 9.15. The Bertz CT molecular complexity index is 96.1. The van der Waals surface area contributed by atoms with Gasteiger partial charge in [-0.05, 0) is 13.3 Å². The average molecular weight is 178 g/mol. The fourth-order valence-electron chi connectivity index (χ4n) is 0.730. The maximum atomic E-state index is 9.15. The number of aliphatic hydroxyl groups excluding tert-OH is 2. The molecule has 0 aliphatic heterocycles. The Labute approximate surface area is 73.0 Å². The molecule has 11 heavy (non-hydrogen) atoms. The van der Waals surface area contributed by atoms with Gasteiger partial charge in [-0.2, -0.15) is 11.8 Å². The first kappa shape index (κ1) is 11.3. The van der Waals surface area contributed by atoms with E-state index in [2.05, 4.69) is 6.92 Å². The van der Waals surface area contributed by atoms with E-state index < -0.39 is 0 Å². The van der Waals surface area contributed by atoms with E-state index in [1.807, 2.05) is 6.92 Å². The van der Waals surface area contributed by atoms with Crippen LogP contribution in [0.5, 0.6) is 0 Å². The maximum Gasteiger partial charge on any atom is 0.0628 e. The molecular formula is C8H18O2S.